The molecule has 7 heteroatoms. The van der Waals surface area contributed by atoms with E-state index in [0.717, 1.165) is 26.2 Å². The number of nitrogens with zero attached hydrogens (tertiary/aromatic N) is 3. The number of ether oxygens (including phenoxy) is 2. The van der Waals surface area contributed by atoms with Crippen LogP contribution in [0.1, 0.15) is 0 Å². The molecule has 3 fully saturated rings. The molecule has 3 saturated heterocycles. The first-order valence-corrected chi connectivity index (χ1v) is 8.28. The molecule has 2 N–H and O–H groups in total. The van der Waals surface area contributed by atoms with Crippen molar-refractivity contribution in [3.05, 3.63) is 0 Å². The topological polar surface area (TPSA) is 68.6 Å². The lowest BCUT2D eigenvalue weighted by Crippen LogP contribution is -2.47. The van der Waals surface area contributed by atoms with Gasteiger partial charge in [0.1, 0.15) is 0 Å². The van der Waals surface area contributed by atoms with Gasteiger partial charge in [-0.2, -0.15) is 0 Å². The fraction of sp³-hybridized carbons (Fsp3) is 1.00. The average Bonchev–Trinajstić information content (AvgIpc) is 2.42. The summed E-state index contributed by atoms with van der Waals surface area (Å²) in [4.78, 5) is 6.40. The molecule has 0 saturated carbocycles. The summed E-state index contributed by atoms with van der Waals surface area (Å²) in [6.07, 6.45) is -0.863. The van der Waals surface area contributed by atoms with Crippen LogP contribution < -0.4 is 0 Å². The van der Waals surface area contributed by atoms with E-state index < -0.39 is 12.2 Å². The van der Waals surface area contributed by atoms with Crippen LogP contribution in [0, 0.1) is 0 Å². The van der Waals surface area contributed by atoms with E-state index >= 15 is 0 Å². The predicted octanol–water partition coefficient (Wildman–Crippen LogP) is -1.70. The largest absolute Gasteiger partial charge is 0.390 e. The summed E-state index contributed by atoms with van der Waals surface area (Å²) in [5.74, 6) is 0. The van der Waals surface area contributed by atoms with E-state index in [1.165, 1.54) is 0 Å². The van der Waals surface area contributed by atoms with Crippen molar-refractivity contribution in [3.63, 3.8) is 0 Å². The molecule has 0 aliphatic carbocycles. The van der Waals surface area contributed by atoms with Crippen molar-refractivity contribution in [2.45, 2.75) is 12.2 Å². The van der Waals surface area contributed by atoms with Crippen LogP contribution in [0.25, 0.3) is 0 Å². The Morgan fingerprint density at radius 1 is 0.682 bits per heavy atom. The van der Waals surface area contributed by atoms with Crippen molar-refractivity contribution < 1.29 is 19.7 Å². The summed E-state index contributed by atoms with van der Waals surface area (Å²) in [6.45, 7) is 8.26. The molecule has 2 bridgehead atoms. The first kappa shape index (κ1) is 18.1. The van der Waals surface area contributed by atoms with Gasteiger partial charge < -0.3 is 24.6 Å². The fourth-order valence-electron chi connectivity index (χ4n) is 3.07. The first-order chi connectivity index (χ1) is 10.6. The minimum absolute atomic E-state index is 0.431. The molecule has 3 aliphatic heterocycles. The van der Waals surface area contributed by atoms with Gasteiger partial charge in [-0.25, -0.2) is 0 Å². The van der Waals surface area contributed by atoms with Gasteiger partial charge in [-0.3, -0.25) is 9.80 Å². The molecule has 3 heterocycles. The van der Waals surface area contributed by atoms with Crippen LogP contribution >= 0.6 is 0 Å². The number of aliphatic hydroxyl groups is 2. The molecule has 0 aromatic rings. The van der Waals surface area contributed by atoms with Crippen LogP contribution in [0.15, 0.2) is 0 Å². The summed E-state index contributed by atoms with van der Waals surface area (Å²) in [7, 11) is 1.95. The van der Waals surface area contributed by atoms with Gasteiger partial charge in [0.15, 0.2) is 0 Å². The van der Waals surface area contributed by atoms with Gasteiger partial charge >= 0.3 is 0 Å². The third-order valence-corrected chi connectivity index (χ3v) is 4.19. The van der Waals surface area contributed by atoms with E-state index in [9.17, 15) is 10.2 Å². The Morgan fingerprint density at radius 3 is 1.41 bits per heavy atom. The van der Waals surface area contributed by atoms with Crippen LogP contribution in [0.3, 0.4) is 0 Å². The van der Waals surface area contributed by atoms with Gasteiger partial charge in [0.25, 0.3) is 0 Å². The highest BCUT2D eigenvalue weighted by Gasteiger charge is 2.19. The van der Waals surface area contributed by atoms with Crippen molar-refractivity contribution in [3.8, 4) is 0 Å². The standard InChI is InChI=1S/C15H31N3O4/c1-16-10-14(19)12-17-2-6-21-8-4-18(13-15(20)11-16)5-9-22-7-3-17/h14-15,19-20H,2-13H2,1H3. The molecule has 0 amide bonds. The third kappa shape index (κ3) is 6.87. The van der Waals surface area contributed by atoms with E-state index in [1.807, 2.05) is 11.9 Å². The van der Waals surface area contributed by atoms with E-state index in [-0.39, 0.29) is 0 Å². The lowest BCUT2D eigenvalue weighted by atomic mass is 10.2. The molecule has 2 atom stereocenters. The van der Waals surface area contributed by atoms with Crippen LogP contribution in [-0.2, 0) is 9.47 Å². The fourth-order valence-corrected chi connectivity index (χ4v) is 3.07. The molecule has 0 aromatic carbocycles. The molecule has 22 heavy (non-hydrogen) atoms. The zero-order valence-electron chi connectivity index (χ0n) is 13.7. The minimum Gasteiger partial charge on any atom is -0.390 e. The smallest absolute Gasteiger partial charge is 0.0793 e. The second-order valence-corrected chi connectivity index (χ2v) is 6.35. The molecule has 0 radical (unpaired) electrons. The Morgan fingerprint density at radius 2 is 1.05 bits per heavy atom. The Bertz CT molecular complexity index is 269. The summed E-state index contributed by atoms with van der Waals surface area (Å²) >= 11 is 0. The summed E-state index contributed by atoms with van der Waals surface area (Å²) in [5, 5.41) is 20.5. The summed E-state index contributed by atoms with van der Waals surface area (Å²) in [6, 6.07) is 0. The van der Waals surface area contributed by atoms with E-state index in [2.05, 4.69) is 9.80 Å². The number of fused-ring (bicyclic) bond motifs is 14. The van der Waals surface area contributed by atoms with Gasteiger partial charge in [-0.1, -0.05) is 0 Å². The van der Waals surface area contributed by atoms with Crippen molar-refractivity contribution in [1.82, 2.24) is 14.7 Å². The highest BCUT2D eigenvalue weighted by Crippen LogP contribution is 2.02. The molecule has 7 nitrogen and oxygen atoms in total. The number of hydrogen-bond acceptors (Lipinski definition) is 7. The Kier molecular flexibility index (Phi) is 8.02. The van der Waals surface area contributed by atoms with E-state index in [1.54, 1.807) is 0 Å². The maximum absolute atomic E-state index is 10.3. The lowest BCUT2D eigenvalue weighted by Gasteiger charge is -2.32. The second kappa shape index (κ2) is 9.77. The zero-order chi connectivity index (χ0) is 15.8. The van der Waals surface area contributed by atoms with Crippen LogP contribution in [-0.4, -0.2) is 123 Å². The van der Waals surface area contributed by atoms with Crippen molar-refractivity contribution in [2.24, 2.45) is 0 Å². The van der Waals surface area contributed by atoms with Gasteiger partial charge in [0.05, 0.1) is 38.6 Å². The molecule has 2 unspecified atom stereocenters. The lowest BCUT2D eigenvalue weighted by molar-refractivity contribution is -0.00371. The quantitative estimate of drug-likeness (QED) is 0.552. The number of aliphatic hydroxyl groups excluding tert-OH is 2. The molecule has 0 aromatic heterocycles. The van der Waals surface area contributed by atoms with Crippen molar-refractivity contribution >= 4 is 0 Å². The van der Waals surface area contributed by atoms with Gasteiger partial charge in [-0.15, -0.1) is 0 Å². The zero-order valence-corrected chi connectivity index (χ0v) is 13.7. The van der Waals surface area contributed by atoms with E-state index in [4.69, 9.17) is 9.47 Å². The predicted molar refractivity (Wildman–Crippen MR) is 84.0 cm³/mol. The number of hydrogen-bond donors (Lipinski definition) is 2. The first-order valence-electron chi connectivity index (χ1n) is 8.28. The minimum atomic E-state index is -0.431. The van der Waals surface area contributed by atoms with Gasteiger partial charge in [0, 0.05) is 52.4 Å². The molecular weight excluding hydrogens is 286 g/mol. The third-order valence-electron chi connectivity index (χ3n) is 4.19. The Hall–Kier alpha value is -0.280. The molecular formula is C15H31N3O4. The maximum atomic E-state index is 10.3. The molecule has 130 valence electrons. The molecule has 0 spiro atoms. The van der Waals surface area contributed by atoms with Gasteiger partial charge in [-0.05, 0) is 7.05 Å². The SMILES string of the molecule is CN1CC(O)CN2CCOCCN(CCOCC2)CC(O)C1. The Balaban J connectivity index is 2.04. The van der Waals surface area contributed by atoms with Crippen LogP contribution in [0.5, 0.6) is 0 Å². The molecule has 3 rings (SSSR count). The normalized spacial score (nSPS) is 37.8. The molecule has 3 aliphatic rings. The average molecular weight is 317 g/mol. The maximum Gasteiger partial charge on any atom is 0.0793 e. The highest BCUT2D eigenvalue weighted by atomic mass is 16.5. The summed E-state index contributed by atoms with van der Waals surface area (Å²) < 4.78 is 11.4. The summed E-state index contributed by atoms with van der Waals surface area (Å²) in [5.41, 5.74) is 0. The van der Waals surface area contributed by atoms with E-state index in [0.29, 0.717) is 52.6 Å². The van der Waals surface area contributed by atoms with Gasteiger partial charge in [0.2, 0.25) is 0 Å². The number of likely N-dealkylation sites (N-methyl/N-ethyl adjacent to an activating group) is 1. The second-order valence-electron chi connectivity index (χ2n) is 6.35. The highest BCUT2D eigenvalue weighted by molar-refractivity contribution is 4.73. The van der Waals surface area contributed by atoms with Crippen molar-refractivity contribution in [2.75, 3.05) is 85.8 Å². The van der Waals surface area contributed by atoms with Crippen molar-refractivity contribution in [1.29, 1.82) is 0 Å². The number of rotatable bonds is 0. The Labute approximate surface area is 133 Å². The van der Waals surface area contributed by atoms with Crippen LogP contribution in [0.2, 0.25) is 0 Å². The monoisotopic (exact) mass is 317 g/mol. The van der Waals surface area contributed by atoms with Crippen LogP contribution in [0.4, 0.5) is 0 Å².